The maximum atomic E-state index is 4.53. The molecule has 0 amide bonds. The molecule has 3 N–H and O–H groups in total. The molecule has 6 heteroatoms. The van der Waals surface area contributed by atoms with Crippen molar-refractivity contribution in [3.63, 3.8) is 0 Å². The van der Waals surface area contributed by atoms with Crippen molar-refractivity contribution in [2.24, 2.45) is 5.92 Å². The van der Waals surface area contributed by atoms with Gasteiger partial charge in [0.15, 0.2) is 11.5 Å². The van der Waals surface area contributed by atoms with Crippen LogP contribution in [0.1, 0.15) is 39.0 Å². The number of aromatic amines is 1. The second-order valence-electron chi connectivity index (χ2n) is 5.70. The molecule has 1 aliphatic carbocycles. The third-order valence-corrected chi connectivity index (χ3v) is 4.11. The van der Waals surface area contributed by atoms with Gasteiger partial charge in [0.25, 0.3) is 0 Å². The molecule has 2 aromatic rings. The molecule has 1 fully saturated rings. The van der Waals surface area contributed by atoms with Crippen molar-refractivity contribution in [3.8, 4) is 0 Å². The summed E-state index contributed by atoms with van der Waals surface area (Å²) in [7, 11) is 1.82. The van der Waals surface area contributed by atoms with Crippen molar-refractivity contribution in [3.05, 3.63) is 6.33 Å². The largest absolute Gasteiger partial charge is 0.365 e. The van der Waals surface area contributed by atoms with E-state index in [2.05, 4.69) is 37.5 Å². The predicted octanol–water partition coefficient (Wildman–Crippen LogP) is 2.78. The Labute approximate surface area is 118 Å². The lowest BCUT2D eigenvalue weighted by atomic mass is 10.0. The Bertz CT molecular complexity index is 578. The molecule has 0 saturated heterocycles. The third-order valence-electron chi connectivity index (χ3n) is 4.11. The van der Waals surface area contributed by atoms with E-state index in [0.717, 1.165) is 17.3 Å². The molecule has 108 valence electrons. The van der Waals surface area contributed by atoms with Crippen LogP contribution in [0.5, 0.6) is 0 Å². The standard InChI is InChI=1S/C14H22N6/c1-9-4-3-5-10(7-6-9)18-13-11-12(17-8-16-11)19-14(15-2)20-13/h8-10H,3-7H2,1-2H3,(H3,15,16,17,18,19,20). The summed E-state index contributed by atoms with van der Waals surface area (Å²) in [6.07, 6.45) is 7.99. The van der Waals surface area contributed by atoms with Crippen LogP contribution >= 0.6 is 0 Å². The van der Waals surface area contributed by atoms with Crippen LogP contribution in [0.4, 0.5) is 11.8 Å². The van der Waals surface area contributed by atoms with Crippen LogP contribution in [0, 0.1) is 5.92 Å². The van der Waals surface area contributed by atoms with Crippen LogP contribution in [0.15, 0.2) is 6.33 Å². The molecule has 2 aromatic heterocycles. The van der Waals surface area contributed by atoms with Gasteiger partial charge in [-0.2, -0.15) is 9.97 Å². The van der Waals surface area contributed by atoms with E-state index in [4.69, 9.17) is 0 Å². The first-order valence-electron chi connectivity index (χ1n) is 7.41. The summed E-state index contributed by atoms with van der Waals surface area (Å²) in [5, 5.41) is 6.57. The maximum absolute atomic E-state index is 4.53. The quantitative estimate of drug-likeness (QED) is 0.750. The highest BCUT2D eigenvalue weighted by atomic mass is 15.2. The summed E-state index contributed by atoms with van der Waals surface area (Å²) in [6.45, 7) is 2.35. The van der Waals surface area contributed by atoms with E-state index in [1.807, 2.05) is 7.05 Å². The zero-order chi connectivity index (χ0) is 13.9. The van der Waals surface area contributed by atoms with Crippen LogP contribution in [0.2, 0.25) is 0 Å². The fourth-order valence-electron chi connectivity index (χ4n) is 2.87. The number of anilines is 2. The maximum Gasteiger partial charge on any atom is 0.226 e. The third kappa shape index (κ3) is 2.69. The van der Waals surface area contributed by atoms with Crippen LogP contribution in [-0.2, 0) is 0 Å². The molecule has 3 rings (SSSR count). The monoisotopic (exact) mass is 274 g/mol. The van der Waals surface area contributed by atoms with Crippen LogP contribution in [0.25, 0.3) is 11.2 Å². The lowest BCUT2D eigenvalue weighted by molar-refractivity contribution is 0.502. The van der Waals surface area contributed by atoms with E-state index in [-0.39, 0.29) is 0 Å². The van der Waals surface area contributed by atoms with Crippen molar-refractivity contribution in [1.82, 2.24) is 19.9 Å². The Morgan fingerprint density at radius 2 is 2.10 bits per heavy atom. The minimum Gasteiger partial charge on any atom is -0.365 e. The average molecular weight is 274 g/mol. The summed E-state index contributed by atoms with van der Waals surface area (Å²) < 4.78 is 0. The molecule has 1 aliphatic rings. The van der Waals surface area contributed by atoms with Crippen LogP contribution < -0.4 is 10.6 Å². The van der Waals surface area contributed by atoms with E-state index in [1.54, 1.807) is 6.33 Å². The number of aromatic nitrogens is 4. The van der Waals surface area contributed by atoms with Gasteiger partial charge in [0.1, 0.15) is 5.52 Å². The molecule has 0 spiro atoms. The number of imidazole rings is 1. The summed E-state index contributed by atoms with van der Waals surface area (Å²) in [5.41, 5.74) is 1.59. The molecular weight excluding hydrogens is 252 g/mol. The number of hydrogen-bond donors (Lipinski definition) is 3. The molecule has 2 unspecified atom stereocenters. The van der Waals surface area contributed by atoms with Crippen molar-refractivity contribution in [1.29, 1.82) is 0 Å². The summed E-state index contributed by atoms with van der Waals surface area (Å²) in [6, 6.07) is 0.492. The van der Waals surface area contributed by atoms with E-state index < -0.39 is 0 Å². The SMILES string of the molecule is CNc1nc(NC2CCCC(C)CC2)c2[nH]cnc2n1. The second kappa shape index (κ2) is 5.64. The van der Waals surface area contributed by atoms with Gasteiger partial charge in [0.2, 0.25) is 5.95 Å². The van der Waals surface area contributed by atoms with Crippen molar-refractivity contribution < 1.29 is 0 Å². The highest BCUT2D eigenvalue weighted by Crippen LogP contribution is 2.26. The number of hydrogen-bond acceptors (Lipinski definition) is 5. The number of rotatable bonds is 3. The highest BCUT2D eigenvalue weighted by molar-refractivity contribution is 5.83. The van der Waals surface area contributed by atoms with Crippen molar-refractivity contribution in [2.45, 2.75) is 45.1 Å². The summed E-state index contributed by atoms with van der Waals surface area (Å²) in [4.78, 5) is 16.2. The molecule has 0 aliphatic heterocycles. The van der Waals surface area contributed by atoms with Gasteiger partial charge in [0.05, 0.1) is 6.33 Å². The molecule has 6 nitrogen and oxygen atoms in total. The van der Waals surface area contributed by atoms with Gasteiger partial charge in [0, 0.05) is 13.1 Å². The van der Waals surface area contributed by atoms with Crippen molar-refractivity contribution in [2.75, 3.05) is 17.7 Å². The fraction of sp³-hybridized carbons (Fsp3) is 0.643. The van der Waals surface area contributed by atoms with Crippen LogP contribution in [0.3, 0.4) is 0 Å². The molecule has 0 bridgehead atoms. The Kier molecular flexibility index (Phi) is 3.71. The highest BCUT2D eigenvalue weighted by Gasteiger charge is 2.18. The van der Waals surface area contributed by atoms with E-state index in [0.29, 0.717) is 17.6 Å². The van der Waals surface area contributed by atoms with E-state index in [1.165, 1.54) is 32.1 Å². The lowest BCUT2D eigenvalue weighted by Gasteiger charge is -2.17. The molecule has 20 heavy (non-hydrogen) atoms. The molecule has 2 heterocycles. The summed E-state index contributed by atoms with van der Waals surface area (Å²) in [5.74, 6) is 2.30. The van der Waals surface area contributed by atoms with Gasteiger partial charge in [-0.15, -0.1) is 0 Å². The number of H-pyrrole nitrogens is 1. The van der Waals surface area contributed by atoms with Crippen LogP contribution in [-0.4, -0.2) is 33.0 Å². The minimum absolute atomic E-state index is 0.492. The number of nitrogens with zero attached hydrogens (tertiary/aromatic N) is 3. The topological polar surface area (TPSA) is 78.5 Å². The zero-order valence-electron chi connectivity index (χ0n) is 12.1. The van der Waals surface area contributed by atoms with E-state index in [9.17, 15) is 0 Å². The molecule has 1 saturated carbocycles. The van der Waals surface area contributed by atoms with E-state index >= 15 is 0 Å². The Morgan fingerprint density at radius 1 is 1.20 bits per heavy atom. The first-order chi connectivity index (χ1) is 9.76. The molecule has 0 aromatic carbocycles. The van der Waals surface area contributed by atoms with Gasteiger partial charge in [-0.3, -0.25) is 0 Å². The van der Waals surface area contributed by atoms with Gasteiger partial charge < -0.3 is 15.6 Å². The number of fused-ring (bicyclic) bond motifs is 1. The minimum atomic E-state index is 0.492. The van der Waals surface area contributed by atoms with Gasteiger partial charge in [-0.25, -0.2) is 4.98 Å². The number of nitrogens with one attached hydrogen (secondary N) is 3. The Balaban J connectivity index is 1.84. The average Bonchev–Trinajstić information content (AvgIpc) is 2.83. The predicted molar refractivity (Wildman–Crippen MR) is 80.9 cm³/mol. The van der Waals surface area contributed by atoms with Gasteiger partial charge >= 0.3 is 0 Å². The molecule has 0 radical (unpaired) electrons. The molecule has 2 atom stereocenters. The lowest BCUT2D eigenvalue weighted by Crippen LogP contribution is -2.20. The van der Waals surface area contributed by atoms with Gasteiger partial charge in [-0.1, -0.05) is 19.8 Å². The smallest absolute Gasteiger partial charge is 0.226 e. The molecular formula is C14H22N6. The fourth-order valence-corrected chi connectivity index (χ4v) is 2.87. The second-order valence-corrected chi connectivity index (χ2v) is 5.70. The Morgan fingerprint density at radius 3 is 2.95 bits per heavy atom. The first kappa shape index (κ1) is 13.1. The summed E-state index contributed by atoms with van der Waals surface area (Å²) >= 11 is 0. The zero-order valence-corrected chi connectivity index (χ0v) is 12.1. The normalized spacial score (nSPS) is 23.5. The Hall–Kier alpha value is -1.85. The first-order valence-corrected chi connectivity index (χ1v) is 7.41. The van der Waals surface area contributed by atoms with Gasteiger partial charge in [-0.05, 0) is 25.2 Å². The van der Waals surface area contributed by atoms with Crippen molar-refractivity contribution >= 4 is 22.9 Å².